The highest BCUT2D eigenvalue weighted by atomic mass is 15.0. The fourth-order valence-corrected chi connectivity index (χ4v) is 1.26. The monoisotopic (exact) mass is 163 g/mol. The standard InChI is InChI=1S/C10H15N2/c1-3-12(4-2)10-7-5-9(11)6-8-10/h5-8,11H,3-4H2,1-2H3/q+1. The molecule has 0 atom stereocenters. The Morgan fingerprint density at radius 2 is 1.58 bits per heavy atom. The lowest BCUT2D eigenvalue weighted by molar-refractivity contribution is -0.519. The van der Waals surface area contributed by atoms with Gasteiger partial charge in [0.1, 0.15) is 13.1 Å². The zero-order valence-corrected chi connectivity index (χ0v) is 7.67. The number of hydrogen-bond donors (Lipinski definition) is 1. The molecule has 0 aromatic heterocycles. The molecule has 0 aromatic carbocycles. The Morgan fingerprint density at radius 3 is 2.00 bits per heavy atom. The minimum absolute atomic E-state index is 0.575. The quantitative estimate of drug-likeness (QED) is 0.473. The number of nitrogens with zero attached hydrogens (tertiary/aromatic N) is 1. The third-order valence-corrected chi connectivity index (χ3v) is 2.00. The van der Waals surface area contributed by atoms with Gasteiger partial charge in [0.2, 0.25) is 0 Å². The molecule has 1 aliphatic rings. The zero-order valence-electron chi connectivity index (χ0n) is 7.67. The summed E-state index contributed by atoms with van der Waals surface area (Å²) in [5.41, 5.74) is 1.78. The number of allylic oxidation sites excluding steroid dienone is 4. The normalized spacial score (nSPS) is 15.5. The number of nitrogens with one attached hydrogen (secondary N) is 1. The molecule has 1 rings (SSSR count). The second-order valence-corrected chi connectivity index (χ2v) is 2.72. The van der Waals surface area contributed by atoms with E-state index in [0.717, 1.165) is 13.1 Å². The summed E-state index contributed by atoms with van der Waals surface area (Å²) < 4.78 is 2.26. The van der Waals surface area contributed by atoms with Crippen molar-refractivity contribution in [2.24, 2.45) is 0 Å². The van der Waals surface area contributed by atoms with E-state index < -0.39 is 0 Å². The highest BCUT2D eigenvalue weighted by Crippen LogP contribution is 1.96. The lowest BCUT2D eigenvalue weighted by Gasteiger charge is -2.02. The van der Waals surface area contributed by atoms with Crippen molar-refractivity contribution < 1.29 is 4.58 Å². The number of rotatable bonds is 2. The van der Waals surface area contributed by atoms with Crippen LogP contribution >= 0.6 is 0 Å². The van der Waals surface area contributed by atoms with E-state index in [1.54, 1.807) is 0 Å². The van der Waals surface area contributed by atoms with Crippen molar-refractivity contribution in [2.45, 2.75) is 13.8 Å². The van der Waals surface area contributed by atoms with Crippen LogP contribution in [0.25, 0.3) is 0 Å². The van der Waals surface area contributed by atoms with Crippen LogP contribution in [0.15, 0.2) is 24.3 Å². The average Bonchev–Trinajstić information content (AvgIpc) is 2.10. The van der Waals surface area contributed by atoms with Crippen LogP contribution in [0, 0.1) is 5.41 Å². The van der Waals surface area contributed by atoms with Gasteiger partial charge in [-0.15, -0.1) is 0 Å². The molecule has 1 N–H and O–H groups in total. The van der Waals surface area contributed by atoms with Crippen LogP contribution < -0.4 is 0 Å². The highest BCUT2D eigenvalue weighted by molar-refractivity contribution is 6.15. The van der Waals surface area contributed by atoms with E-state index in [9.17, 15) is 0 Å². The average molecular weight is 163 g/mol. The molecule has 0 aromatic rings. The molecular formula is C10H15N2+. The molecule has 0 aliphatic heterocycles. The largest absolute Gasteiger partial charge is 0.301 e. The van der Waals surface area contributed by atoms with Crippen molar-refractivity contribution in [2.75, 3.05) is 13.1 Å². The first-order valence-corrected chi connectivity index (χ1v) is 4.34. The Bertz CT molecular complexity index is 246. The summed E-state index contributed by atoms with van der Waals surface area (Å²) in [6, 6.07) is 0. The summed E-state index contributed by atoms with van der Waals surface area (Å²) in [6.07, 6.45) is 7.64. The molecule has 0 bridgehead atoms. The molecule has 0 saturated heterocycles. The van der Waals surface area contributed by atoms with E-state index in [4.69, 9.17) is 5.41 Å². The molecule has 0 fully saturated rings. The molecule has 2 nitrogen and oxygen atoms in total. The maximum Gasteiger partial charge on any atom is 0.200 e. The van der Waals surface area contributed by atoms with Gasteiger partial charge in [-0.25, -0.2) is 4.58 Å². The second kappa shape index (κ2) is 4.00. The maximum atomic E-state index is 7.33. The Hall–Kier alpha value is -1.18. The fourth-order valence-electron chi connectivity index (χ4n) is 1.26. The Labute approximate surface area is 73.4 Å². The molecule has 2 heteroatoms. The van der Waals surface area contributed by atoms with E-state index >= 15 is 0 Å². The van der Waals surface area contributed by atoms with Gasteiger partial charge in [-0.1, -0.05) is 0 Å². The summed E-state index contributed by atoms with van der Waals surface area (Å²) in [4.78, 5) is 0. The van der Waals surface area contributed by atoms with Gasteiger partial charge in [-0.2, -0.15) is 0 Å². The minimum atomic E-state index is 0.575. The first kappa shape index (κ1) is 8.91. The van der Waals surface area contributed by atoms with E-state index in [1.807, 2.05) is 24.3 Å². The summed E-state index contributed by atoms with van der Waals surface area (Å²) in [7, 11) is 0. The van der Waals surface area contributed by atoms with Gasteiger partial charge >= 0.3 is 0 Å². The Kier molecular flexibility index (Phi) is 2.97. The summed E-state index contributed by atoms with van der Waals surface area (Å²) in [5, 5.41) is 7.33. The van der Waals surface area contributed by atoms with Crippen LogP contribution in [0.2, 0.25) is 0 Å². The SMILES string of the molecule is CC[N+](CC)=C1C=CC(=N)C=C1. The molecule has 0 amide bonds. The smallest absolute Gasteiger partial charge is 0.200 e. The van der Waals surface area contributed by atoms with Crippen LogP contribution in [0.3, 0.4) is 0 Å². The Balaban J connectivity index is 2.89. The van der Waals surface area contributed by atoms with E-state index in [1.165, 1.54) is 5.71 Å². The van der Waals surface area contributed by atoms with Gasteiger partial charge in [0.15, 0.2) is 5.71 Å². The van der Waals surface area contributed by atoms with Crippen molar-refractivity contribution >= 4 is 11.4 Å². The summed E-state index contributed by atoms with van der Waals surface area (Å²) >= 11 is 0. The van der Waals surface area contributed by atoms with Crippen LogP contribution in [-0.2, 0) is 0 Å². The first-order valence-electron chi connectivity index (χ1n) is 4.34. The van der Waals surface area contributed by atoms with Crippen molar-refractivity contribution in [1.29, 1.82) is 5.41 Å². The van der Waals surface area contributed by atoms with Gasteiger partial charge in [0.05, 0.1) is 5.71 Å². The third kappa shape index (κ3) is 1.91. The van der Waals surface area contributed by atoms with Crippen LogP contribution in [0.1, 0.15) is 13.8 Å². The van der Waals surface area contributed by atoms with Crippen molar-refractivity contribution in [3.05, 3.63) is 24.3 Å². The van der Waals surface area contributed by atoms with Crippen molar-refractivity contribution in [3.63, 3.8) is 0 Å². The van der Waals surface area contributed by atoms with Crippen LogP contribution in [-0.4, -0.2) is 29.1 Å². The van der Waals surface area contributed by atoms with Crippen molar-refractivity contribution in [1.82, 2.24) is 0 Å². The third-order valence-electron chi connectivity index (χ3n) is 2.00. The molecule has 12 heavy (non-hydrogen) atoms. The molecule has 0 spiro atoms. The van der Waals surface area contributed by atoms with Crippen LogP contribution in [0.5, 0.6) is 0 Å². The fraction of sp³-hybridized carbons (Fsp3) is 0.400. The predicted octanol–water partition coefficient (Wildman–Crippen LogP) is 1.63. The second-order valence-electron chi connectivity index (χ2n) is 2.72. The van der Waals surface area contributed by atoms with Gasteiger partial charge in [-0.05, 0) is 26.0 Å². The minimum Gasteiger partial charge on any atom is -0.301 e. The maximum absolute atomic E-state index is 7.33. The topological polar surface area (TPSA) is 26.9 Å². The van der Waals surface area contributed by atoms with Crippen LogP contribution in [0.4, 0.5) is 0 Å². The lowest BCUT2D eigenvalue weighted by Crippen LogP contribution is -2.19. The molecule has 0 unspecified atom stereocenters. The summed E-state index contributed by atoms with van der Waals surface area (Å²) in [6.45, 7) is 6.32. The van der Waals surface area contributed by atoms with Crippen molar-refractivity contribution in [3.8, 4) is 0 Å². The molecule has 0 saturated carbocycles. The van der Waals surface area contributed by atoms with Gasteiger partial charge in [0.25, 0.3) is 0 Å². The molecule has 0 heterocycles. The van der Waals surface area contributed by atoms with Gasteiger partial charge in [0, 0.05) is 12.2 Å². The molecule has 64 valence electrons. The number of hydrogen-bond acceptors (Lipinski definition) is 1. The zero-order chi connectivity index (χ0) is 8.97. The van der Waals surface area contributed by atoms with E-state index in [-0.39, 0.29) is 0 Å². The van der Waals surface area contributed by atoms with E-state index in [0.29, 0.717) is 5.71 Å². The first-order chi connectivity index (χ1) is 5.77. The predicted molar refractivity (Wildman–Crippen MR) is 52.4 cm³/mol. The molecular weight excluding hydrogens is 148 g/mol. The lowest BCUT2D eigenvalue weighted by atomic mass is 10.1. The van der Waals surface area contributed by atoms with Gasteiger partial charge < -0.3 is 5.41 Å². The highest BCUT2D eigenvalue weighted by Gasteiger charge is 2.07. The summed E-state index contributed by atoms with van der Waals surface area (Å²) in [5.74, 6) is 0. The molecule has 1 aliphatic carbocycles. The van der Waals surface area contributed by atoms with Gasteiger partial charge in [-0.3, -0.25) is 0 Å². The Morgan fingerprint density at radius 1 is 1.08 bits per heavy atom. The molecule has 0 radical (unpaired) electrons. The van der Waals surface area contributed by atoms with E-state index in [2.05, 4.69) is 18.4 Å².